The Labute approximate surface area is 98.0 Å². The normalized spacial score (nSPS) is 12.4. The quantitative estimate of drug-likeness (QED) is 0.688. The van der Waals surface area contributed by atoms with Gasteiger partial charge in [-0.3, -0.25) is 0 Å². The van der Waals surface area contributed by atoms with E-state index in [1.54, 1.807) is 7.11 Å². The van der Waals surface area contributed by atoms with Crippen LogP contribution in [0.5, 0.6) is 5.75 Å². The molecule has 1 atom stereocenters. The van der Waals surface area contributed by atoms with Crippen LogP contribution in [0.3, 0.4) is 0 Å². The Balaban J connectivity index is 2.34. The molecule has 0 radical (unpaired) electrons. The molecule has 0 fully saturated rings. The zero-order chi connectivity index (χ0) is 11.8. The molecule has 0 amide bonds. The van der Waals surface area contributed by atoms with Crippen molar-refractivity contribution in [3.63, 3.8) is 0 Å². The Morgan fingerprint density at radius 3 is 2.56 bits per heavy atom. The van der Waals surface area contributed by atoms with Crippen molar-refractivity contribution >= 4 is 0 Å². The molecule has 0 spiro atoms. The summed E-state index contributed by atoms with van der Waals surface area (Å²) < 4.78 is 5.12. The average molecular weight is 222 g/mol. The molecular formula is C13H22N2O. The second kappa shape index (κ2) is 7.25. The molecule has 0 saturated carbocycles. The van der Waals surface area contributed by atoms with Crippen LogP contribution in [0.25, 0.3) is 0 Å². The van der Waals surface area contributed by atoms with E-state index in [0.717, 1.165) is 31.7 Å². The Morgan fingerprint density at radius 2 is 2.00 bits per heavy atom. The predicted molar refractivity (Wildman–Crippen MR) is 67.8 cm³/mol. The summed E-state index contributed by atoms with van der Waals surface area (Å²) in [5, 5.41) is 3.45. The standard InChI is InChI=1S/C13H22N2O/c1-11(15-9-3-8-14)10-12-4-6-13(16-2)7-5-12/h4-7,11,15H,3,8-10,14H2,1-2H3. The number of hydrogen-bond acceptors (Lipinski definition) is 3. The van der Waals surface area contributed by atoms with Crippen LogP contribution in [0.15, 0.2) is 24.3 Å². The number of nitrogens with two attached hydrogens (primary N) is 1. The van der Waals surface area contributed by atoms with Gasteiger partial charge >= 0.3 is 0 Å². The van der Waals surface area contributed by atoms with Crippen LogP contribution < -0.4 is 15.8 Å². The van der Waals surface area contributed by atoms with Gasteiger partial charge in [0.15, 0.2) is 0 Å². The lowest BCUT2D eigenvalue weighted by Crippen LogP contribution is -2.30. The lowest BCUT2D eigenvalue weighted by molar-refractivity contribution is 0.414. The van der Waals surface area contributed by atoms with Gasteiger partial charge in [0.25, 0.3) is 0 Å². The minimum absolute atomic E-state index is 0.486. The largest absolute Gasteiger partial charge is 0.497 e. The van der Waals surface area contributed by atoms with E-state index < -0.39 is 0 Å². The van der Waals surface area contributed by atoms with E-state index >= 15 is 0 Å². The van der Waals surface area contributed by atoms with Crippen LogP contribution in [-0.4, -0.2) is 26.2 Å². The van der Waals surface area contributed by atoms with Gasteiger partial charge in [0.1, 0.15) is 5.75 Å². The van der Waals surface area contributed by atoms with Gasteiger partial charge in [-0.25, -0.2) is 0 Å². The molecule has 3 heteroatoms. The molecule has 1 rings (SSSR count). The molecule has 0 bridgehead atoms. The number of benzene rings is 1. The lowest BCUT2D eigenvalue weighted by atomic mass is 10.1. The fourth-order valence-corrected chi connectivity index (χ4v) is 1.64. The van der Waals surface area contributed by atoms with Crippen molar-refractivity contribution in [1.29, 1.82) is 0 Å². The van der Waals surface area contributed by atoms with E-state index in [2.05, 4.69) is 24.4 Å². The summed E-state index contributed by atoms with van der Waals surface area (Å²) in [4.78, 5) is 0. The lowest BCUT2D eigenvalue weighted by Gasteiger charge is -2.13. The van der Waals surface area contributed by atoms with Crippen LogP contribution in [0, 0.1) is 0 Å². The molecule has 0 saturated heterocycles. The molecule has 1 unspecified atom stereocenters. The van der Waals surface area contributed by atoms with Crippen LogP contribution in [0.1, 0.15) is 18.9 Å². The highest BCUT2D eigenvalue weighted by molar-refractivity contribution is 5.27. The molecule has 0 aliphatic carbocycles. The van der Waals surface area contributed by atoms with Gasteiger partial charge in [-0.05, 0) is 50.6 Å². The van der Waals surface area contributed by atoms with E-state index in [0.29, 0.717) is 6.04 Å². The van der Waals surface area contributed by atoms with E-state index in [9.17, 15) is 0 Å². The fourth-order valence-electron chi connectivity index (χ4n) is 1.64. The summed E-state index contributed by atoms with van der Waals surface area (Å²) in [5.74, 6) is 0.910. The molecule has 0 aliphatic heterocycles. The molecule has 0 heterocycles. The van der Waals surface area contributed by atoms with Crippen LogP contribution in [-0.2, 0) is 6.42 Å². The summed E-state index contributed by atoms with van der Waals surface area (Å²) >= 11 is 0. The zero-order valence-corrected chi connectivity index (χ0v) is 10.2. The van der Waals surface area contributed by atoms with Crippen LogP contribution in [0.4, 0.5) is 0 Å². The highest BCUT2D eigenvalue weighted by atomic mass is 16.5. The summed E-state index contributed by atoms with van der Waals surface area (Å²) in [7, 11) is 1.69. The highest BCUT2D eigenvalue weighted by Gasteiger charge is 2.02. The van der Waals surface area contributed by atoms with Gasteiger partial charge in [-0.1, -0.05) is 12.1 Å². The van der Waals surface area contributed by atoms with E-state index in [1.807, 2.05) is 12.1 Å². The van der Waals surface area contributed by atoms with Gasteiger partial charge < -0.3 is 15.8 Å². The number of ether oxygens (including phenoxy) is 1. The molecule has 1 aromatic carbocycles. The first-order chi connectivity index (χ1) is 7.76. The van der Waals surface area contributed by atoms with Crippen molar-refractivity contribution in [3.05, 3.63) is 29.8 Å². The summed E-state index contributed by atoms with van der Waals surface area (Å²) in [6.07, 6.45) is 2.07. The molecule has 0 aromatic heterocycles. The third-order valence-electron chi connectivity index (χ3n) is 2.57. The van der Waals surface area contributed by atoms with Crippen molar-refractivity contribution in [1.82, 2.24) is 5.32 Å². The smallest absolute Gasteiger partial charge is 0.118 e. The maximum Gasteiger partial charge on any atom is 0.118 e. The summed E-state index contributed by atoms with van der Waals surface area (Å²) in [6.45, 7) is 3.94. The first-order valence-electron chi connectivity index (χ1n) is 5.82. The fraction of sp³-hybridized carbons (Fsp3) is 0.538. The molecule has 0 aliphatic rings. The maximum absolute atomic E-state index is 5.45. The predicted octanol–water partition coefficient (Wildman–Crippen LogP) is 1.56. The van der Waals surface area contributed by atoms with Gasteiger partial charge in [-0.2, -0.15) is 0 Å². The van der Waals surface area contributed by atoms with Gasteiger partial charge in [0, 0.05) is 6.04 Å². The molecule has 3 nitrogen and oxygen atoms in total. The SMILES string of the molecule is COc1ccc(CC(C)NCCCN)cc1. The number of rotatable bonds is 7. The number of hydrogen-bond donors (Lipinski definition) is 2. The first kappa shape index (κ1) is 13.0. The van der Waals surface area contributed by atoms with Crippen molar-refractivity contribution in [2.24, 2.45) is 5.73 Å². The summed E-state index contributed by atoms with van der Waals surface area (Å²) in [6, 6.07) is 8.71. The van der Waals surface area contributed by atoms with Gasteiger partial charge in [0.05, 0.1) is 7.11 Å². The van der Waals surface area contributed by atoms with Crippen molar-refractivity contribution < 1.29 is 4.74 Å². The Bertz CT molecular complexity index is 284. The third kappa shape index (κ3) is 4.64. The third-order valence-corrected chi connectivity index (χ3v) is 2.57. The molecule has 90 valence electrons. The topological polar surface area (TPSA) is 47.3 Å². The van der Waals surface area contributed by atoms with Crippen LogP contribution in [0.2, 0.25) is 0 Å². The van der Waals surface area contributed by atoms with Gasteiger partial charge in [0.2, 0.25) is 0 Å². The number of methoxy groups -OCH3 is 1. The van der Waals surface area contributed by atoms with Crippen molar-refractivity contribution in [2.45, 2.75) is 25.8 Å². The Kier molecular flexibility index (Phi) is 5.90. The van der Waals surface area contributed by atoms with E-state index in [4.69, 9.17) is 10.5 Å². The average Bonchev–Trinajstić information content (AvgIpc) is 2.30. The van der Waals surface area contributed by atoms with Crippen LogP contribution >= 0.6 is 0 Å². The Morgan fingerprint density at radius 1 is 1.31 bits per heavy atom. The first-order valence-corrected chi connectivity index (χ1v) is 5.82. The highest BCUT2D eigenvalue weighted by Crippen LogP contribution is 2.12. The molecule has 1 aromatic rings. The second-order valence-electron chi connectivity index (χ2n) is 4.05. The summed E-state index contributed by atoms with van der Waals surface area (Å²) in [5.41, 5.74) is 6.77. The number of nitrogens with one attached hydrogen (secondary N) is 1. The van der Waals surface area contributed by atoms with Crippen molar-refractivity contribution in [2.75, 3.05) is 20.2 Å². The Hall–Kier alpha value is -1.06. The van der Waals surface area contributed by atoms with E-state index in [-0.39, 0.29) is 0 Å². The monoisotopic (exact) mass is 222 g/mol. The molecule has 16 heavy (non-hydrogen) atoms. The zero-order valence-electron chi connectivity index (χ0n) is 10.2. The minimum atomic E-state index is 0.486. The van der Waals surface area contributed by atoms with Crippen molar-refractivity contribution in [3.8, 4) is 5.75 Å². The maximum atomic E-state index is 5.45. The second-order valence-corrected chi connectivity index (χ2v) is 4.05. The molecular weight excluding hydrogens is 200 g/mol. The van der Waals surface area contributed by atoms with E-state index in [1.165, 1.54) is 5.56 Å². The molecule has 3 N–H and O–H groups in total. The van der Waals surface area contributed by atoms with Gasteiger partial charge in [-0.15, -0.1) is 0 Å². The minimum Gasteiger partial charge on any atom is -0.497 e.